The topological polar surface area (TPSA) is 81.3 Å². The van der Waals surface area contributed by atoms with E-state index < -0.39 is 5.97 Å². The van der Waals surface area contributed by atoms with Crippen LogP contribution in [0.4, 0.5) is 11.8 Å². The summed E-state index contributed by atoms with van der Waals surface area (Å²) in [5, 5.41) is 2.31. The number of carbonyl (C=O) groups excluding carboxylic acids is 1. The second kappa shape index (κ2) is 10.0. The summed E-state index contributed by atoms with van der Waals surface area (Å²) in [6.07, 6.45) is 6.82. The molecule has 0 aliphatic heterocycles. The van der Waals surface area contributed by atoms with E-state index in [1.54, 1.807) is 23.4 Å². The van der Waals surface area contributed by atoms with Crippen molar-refractivity contribution in [2.24, 2.45) is 0 Å². The van der Waals surface area contributed by atoms with Crippen molar-refractivity contribution in [3.63, 3.8) is 0 Å². The van der Waals surface area contributed by atoms with Gasteiger partial charge in [0.25, 0.3) is 0 Å². The Morgan fingerprint density at radius 3 is 2.48 bits per heavy atom. The van der Waals surface area contributed by atoms with Crippen molar-refractivity contribution in [2.75, 3.05) is 10.8 Å². The van der Waals surface area contributed by atoms with Crippen LogP contribution in [-0.4, -0.2) is 22.0 Å². The molecule has 8 heteroatoms. The summed E-state index contributed by atoms with van der Waals surface area (Å²) in [6.45, 7) is 0. The number of nitrogen functional groups attached to an aromatic ring is 1. The Kier molecular flexibility index (Phi) is 6.94. The van der Waals surface area contributed by atoms with E-state index in [-0.39, 0.29) is 12.0 Å². The van der Waals surface area contributed by atoms with Crippen LogP contribution in [-0.2, 0) is 4.84 Å². The molecule has 1 aliphatic rings. The normalized spacial score (nSPS) is 14.2. The average molecular weight is 455 g/mol. The maximum Gasteiger partial charge on any atom is 0.363 e. The molecule has 1 aromatic heterocycles. The molecule has 0 spiro atoms. The third-order valence-corrected chi connectivity index (χ3v) is 6.37. The van der Waals surface area contributed by atoms with Gasteiger partial charge in [-0.3, -0.25) is 0 Å². The molecule has 0 amide bonds. The van der Waals surface area contributed by atoms with E-state index in [0.29, 0.717) is 16.4 Å². The standard InChI is InChI=1S/C23H23ClN4O2S/c24-17-11-13-19(14-12-17)31-20-15-26-23(25)27-21(20)28(18-9-5-2-6-10-18)30-22(29)16-7-3-1-4-8-16/h1,3-4,7-8,11-15,18H,2,5-6,9-10H2,(H2,25,26,27). The second-order valence-electron chi connectivity index (χ2n) is 7.33. The van der Waals surface area contributed by atoms with Gasteiger partial charge >= 0.3 is 5.97 Å². The van der Waals surface area contributed by atoms with E-state index in [1.165, 1.54) is 18.2 Å². The Balaban J connectivity index is 1.68. The van der Waals surface area contributed by atoms with Crippen molar-refractivity contribution in [3.8, 4) is 0 Å². The number of halogens is 1. The zero-order valence-corrected chi connectivity index (χ0v) is 18.5. The summed E-state index contributed by atoms with van der Waals surface area (Å²) in [5.74, 6) is 0.210. The van der Waals surface area contributed by atoms with Crippen LogP contribution in [0.3, 0.4) is 0 Å². The third kappa shape index (κ3) is 5.48. The summed E-state index contributed by atoms with van der Waals surface area (Å²) in [6, 6.07) is 16.5. The van der Waals surface area contributed by atoms with Crippen molar-refractivity contribution in [1.29, 1.82) is 0 Å². The highest BCUT2D eigenvalue weighted by atomic mass is 35.5. The summed E-state index contributed by atoms with van der Waals surface area (Å²) >= 11 is 7.49. The molecule has 0 unspecified atom stereocenters. The molecule has 0 atom stereocenters. The number of benzene rings is 2. The lowest BCUT2D eigenvalue weighted by Gasteiger charge is -2.33. The Morgan fingerprint density at radius 2 is 1.77 bits per heavy atom. The number of hydroxylamine groups is 1. The summed E-state index contributed by atoms with van der Waals surface area (Å²) in [7, 11) is 0. The summed E-state index contributed by atoms with van der Waals surface area (Å²) < 4.78 is 0. The van der Waals surface area contributed by atoms with Gasteiger partial charge in [-0.05, 0) is 49.2 Å². The third-order valence-electron chi connectivity index (χ3n) is 5.10. The quantitative estimate of drug-likeness (QED) is 0.473. The van der Waals surface area contributed by atoms with Gasteiger partial charge in [0.05, 0.1) is 16.5 Å². The molecular formula is C23H23ClN4O2S. The number of hydrogen-bond donors (Lipinski definition) is 1. The SMILES string of the molecule is Nc1ncc(Sc2ccc(Cl)cc2)c(N(OC(=O)c2ccccc2)C2CCCCC2)n1. The van der Waals surface area contributed by atoms with E-state index in [0.717, 1.165) is 35.5 Å². The molecule has 6 nitrogen and oxygen atoms in total. The van der Waals surface area contributed by atoms with Gasteiger partial charge in [-0.2, -0.15) is 10.0 Å². The molecule has 2 N–H and O–H groups in total. The maximum atomic E-state index is 12.9. The van der Waals surface area contributed by atoms with Crippen LogP contribution in [0.5, 0.6) is 0 Å². The van der Waals surface area contributed by atoms with Gasteiger partial charge < -0.3 is 10.6 Å². The number of aromatic nitrogens is 2. The number of rotatable bonds is 6. The zero-order chi connectivity index (χ0) is 21.6. The van der Waals surface area contributed by atoms with Crippen LogP contribution in [0.2, 0.25) is 5.02 Å². The van der Waals surface area contributed by atoms with E-state index in [1.807, 2.05) is 42.5 Å². The van der Waals surface area contributed by atoms with Gasteiger partial charge in [0.2, 0.25) is 5.95 Å². The highest BCUT2D eigenvalue weighted by molar-refractivity contribution is 7.99. The monoisotopic (exact) mass is 454 g/mol. The van der Waals surface area contributed by atoms with Crippen LogP contribution in [0.15, 0.2) is 70.6 Å². The lowest BCUT2D eigenvalue weighted by Crippen LogP contribution is -2.39. The van der Waals surface area contributed by atoms with Crippen LogP contribution >= 0.6 is 23.4 Å². The number of nitrogens with two attached hydrogens (primary N) is 1. The summed E-state index contributed by atoms with van der Waals surface area (Å²) in [4.78, 5) is 29.2. The Bertz CT molecular complexity index is 1030. The first-order chi connectivity index (χ1) is 15.1. The van der Waals surface area contributed by atoms with Gasteiger partial charge in [-0.15, -0.1) is 0 Å². The maximum absolute atomic E-state index is 12.9. The molecule has 0 saturated heterocycles. The molecule has 1 fully saturated rings. The molecule has 160 valence electrons. The predicted molar refractivity (Wildman–Crippen MR) is 123 cm³/mol. The number of nitrogens with zero attached hydrogens (tertiary/aromatic N) is 3. The van der Waals surface area contributed by atoms with Gasteiger partial charge in [-0.1, -0.05) is 60.8 Å². The minimum atomic E-state index is -0.425. The molecule has 2 aromatic carbocycles. The molecular weight excluding hydrogens is 432 g/mol. The van der Waals surface area contributed by atoms with Gasteiger partial charge in [0.1, 0.15) is 0 Å². The molecule has 4 rings (SSSR count). The Hall–Kier alpha value is -2.77. The van der Waals surface area contributed by atoms with E-state index in [2.05, 4.69) is 9.97 Å². The number of anilines is 2. The Morgan fingerprint density at radius 1 is 1.06 bits per heavy atom. The van der Waals surface area contributed by atoms with Crippen molar-refractivity contribution >= 4 is 41.1 Å². The lowest BCUT2D eigenvalue weighted by atomic mass is 9.95. The van der Waals surface area contributed by atoms with Crippen LogP contribution in [0.1, 0.15) is 42.5 Å². The highest BCUT2D eigenvalue weighted by Crippen LogP contribution is 2.37. The van der Waals surface area contributed by atoms with E-state index >= 15 is 0 Å². The van der Waals surface area contributed by atoms with Crippen molar-refractivity contribution in [2.45, 2.75) is 47.9 Å². The molecule has 3 aromatic rings. The predicted octanol–water partition coefficient (Wildman–Crippen LogP) is 5.77. The summed E-state index contributed by atoms with van der Waals surface area (Å²) in [5.41, 5.74) is 6.42. The highest BCUT2D eigenvalue weighted by Gasteiger charge is 2.29. The first-order valence-electron chi connectivity index (χ1n) is 10.2. The molecule has 1 aliphatic carbocycles. The van der Waals surface area contributed by atoms with E-state index in [9.17, 15) is 4.79 Å². The van der Waals surface area contributed by atoms with Crippen molar-refractivity contribution in [1.82, 2.24) is 9.97 Å². The molecule has 0 bridgehead atoms. The van der Waals surface area contributed by atoms with Crippen molar-refractivity contribution in [3.05, 3.63) is 71.4 Å². The minimum absolute atomic E-state index is 0.0280. The largest absolute Gasteiger partial charge is 0.368 e. The van der Waals surface area contributed by atoms with Gasteiger partial charge in [0, 0.05) is 16.1 Å². The van der Waals surface area contributed by atoms with E-state index in [4.69, 9.17) is 22.2 Å². The fourth-order valence-electron chi connectivity index (χ4n) is 3.56. The fraction of sp³-hybridized carbons (Fsp3) is 0.261. The molecule has 31 heavy (non-hydrogen) atoms. The van der Waals surface area contributed by atoms with Crippen LogP contribution in [0.25, 0.3) is 0 Å². The second-order valence-corrected chi connectivity index (χ2v) is 8.89. The smallest absolute Gasteiger partial charge is 0.363 e. The van der Waals surface area contributed by atoms with Crippen molar-refractivity contribution < 1.29 is 9.63 Å². The molecule has 1 saturated carbocycles. The van der Waals surface area contributed by atoms with Gasteiger partial charge in [-0.25, -0.2) is 9.78 Å². The number of hydrogen-bond acceptors (Lipinski definition) is 7. The molecule has 1 heterocycles. The Labute approximate surface area is 190 Å². The first kappa shape index (κ1) is 21.5. The zero-order valence-electron chi connectivity index (χ0n) is 16.9. The van der Waals surface area contributed by atoms with Gasteiger partial charge in [0.15, 0.2) is 5.82 Å². The van der Waals surface area contributed by atoms with Crippen LogP contribution < -0.4 is 10.8 Å². The molecule has 0 radical (unpaired) electrons. The van der Waals surface area contributed by atoms with Crippen LogP contribution in [0, 0.1) is 0 Å². The fourth-order valence-corrected chi connectivity index (χ4v) is 4.54. The number of carbonyl (C=O) groups is 1. The lowest BCUT2D eigenvalue weighted by molar-refractivity contribution is 0.0369. The first-order valence-corrected chi connectivity index (χ1v) is 11.4. The average Bonchev–Trinajstić information content (AvgIpc) is 2.81. The minimum Gasteiger partial charge on any atom is -0.368 e.